The Kier molecular flexibility index (Phi) is 4.10. The summed E-state index contributed by atoms with van der Waals surface area (Å²) in [5.41, 5.74) is 1.68. The standard InChI is InChI=1S/C20H16FN3O2/c21-15-8-16(19-17(9-15)23-11-24-19)20(26)22-10-18(25)14-6-5-12-3-1-2-4-13(12)7-14/h1-9,11,18,25H,10H2,(H,22,26)(H,23,24). The van der Waals surface area contributed by atoms with Crippen molar-refractivity contribution in [1.29, 1.82) is 0 Å². The minimum Gasteiger partial charge on any atom is -0.387 e. The Morgan fingerprint density at radius 1 is 1.15 bits per heavy atom. The van der Waals surface area contributed by atoms with Crippen molar-refractivity contribution in [3.8, 4) is 0 Å². The van der Waals surface area contributed by atoms with Crippen LogP contribution in [0.25, 0.3) is 21.8 Å². The first-order chi connectivity index (χ1) is 12.6. The summed E-state index contributed by atoms with van der Waals surface area (Å²) in [6.45, 7) is 0.0135. The molecule has 1 atom stereocenters. The number of nitrogens with one attached hydrogen (secondary N) is 2. The Morgan fingerprint density at radius 3 is 2.81 bits per heavy atom. The van der Waals surface area contributed by atoms with Crippen LogP contribution in [-0.4, -0.2) is 27.5 Å². The molecule has 0 spiro atoms. The van der Waals surface area contributed by atoms with Gasteiger partial charge in [-0.15, -0.1) is 0 Å². The summed E-state index contributed by atoms with van der Waals surface area (Å²) >= 11 is 0. The summed E-state index contributed by atoms with van der Waals surface area (Å²) in [7, 11) is 0. The number of amides is 1. The van der Waals surface area contributed by atoms with Crippen LogP contribution in [0, 0.1) is 5.82 Å². The Bertz CT molecular complexity index is 1110. The molecule has 0 fully saturated rings. The highest BCUT2D eigenvalue weighted by atomic mass is 19.1. The normalized spacial score (nSPS) is 12.4. The van der Waals surface area contributed by atoms with Gasteiger partial charge in [0.15, 0.2) is 0 Å². The van der Waals surface area contributed by atoms with Crippen LogP contribution < -0.4 is 5.32 Å². The second-order valence-electron chi connectivity index (χ2n) is 6.08. The first-order valence-electron chi connectivity index (χ1n) is 8.19. The average molecular weight is 349 g/mol. The van der Waals surface area contributed by atoms with Crippen molar-refractivity contribution in [3.63, 3.8) is 0 Å². The average Bonchev–Trinajstić information content (AvgIpc) is 3.13. The number of fused-ring (bicyclic) bond motifs is 2. The molecule has 1 unspecified atom stereocenters. The van der Waals surface area contributed by atoms with Crippen LogP contribution in [0.5, 0.6) is 0 Å². The number of carbonyl (C=O) groups is 1. The fourth-order valence-corrected chi connectivity index (χ4v) is 3.01. The number of hydrogen-bond donors (Lipinski definition) is 3. The lowest BCUT2D eigenvalue weighted by Crippen LogP contribution is -2.28. The van der Waals surface area contributed by atoms with Crippen LogP contribution in [0.1, 0.15) is 22.0 Å². The summed E-state index contributed by atoms with van der Waals surface area (Å²) in [5, 5.41) is 15.1. The molecule has 4 aromatic rings. The first-order valence-corrected chi connectivity index (χ1v) is 8.19. The summed E-state index contributed by atoms with van der Waals surface area (Å²) in [4.78, 5) is 19.3. The van der Waals surface area contributed by atoms with E-state index in [1.54, 1.807) is 0 Å². The van der Waals surface area contributed by atoms with Gasteiger partial charge >= 0.3 is 0 Å². The van der Waals surface area contributed by atoms with Gasteiger partial charge in [-0.25, -0.2) is 9.37 Å². The first kappa shape index (κ1) is 16.2. The number of hydrogen-bond acceptors (Lipinski definition) is 3. The number of carbonyl (C=O) groups excluding carboxylic acids is 1. The lowest BCUT2D eigenvalue weighted by Gasteiger charge is -2.13. The third-order valence-electron chi connectivity index (χ3n) is 4.35. The number of rotatable bonds is 4. The van der Waals surface area contributed by atoms with Crippen LogP contribution >= 0.6 is 0 Å². The molecule has 3 aromatic carbocycles. The maximum absolute atomic E-state index is 13.7. The largest absolute Gasteiger partial charge is 0.387 e. The number of nitrogens with zero attached hydrogens (tertiary/aromatic N) is 1. The highest BCUT2D eigenvalue weighted by Gasteiger charge is 2.16. The van der Waals surface area contributed by atoms with Crippen molar-refractivity contribution >= 4 is 27.7 Å². The monoisotopic (exact) mass is 349 g/mol. The second-order valence-corrected chi connectivity index (χ2v) is 6.08. The van der Waals surface area contributed by atoms with Gasteiger partial charge in [0.05, 0.1) is 23.5 Å². The fourth-order valence-electron chi connectivity index (χ4n) is 3.01. The third kappa shape index (κ3) is 3.02. The van der Waals surface area contributed by atoms with Crippen LogP contribution in [0.4, 0.5) is 4.39 Å². The van der Waals surface area contributed by atoms with Crippen molar-refractivity contribution in [1.82, 2.24) is 15.3 Å². The maximum atomic E-state index is 13.7. The molecule has 3 N–H and O–H groups in total. The molecule has 1 aromatic heterocycles. The molecule has 26 heavy (non-hydrogen) atoms. The molecular weight excluding hydrogens is 333 g/mol. The molecule has 4 rings (SSSR count). The Balaban J connectivity index is 1.51. The van der Waals surface area contributed by atoms with Crippen molar-refractivity contribution in [2.24, 2.45) is 0 Å². The number of aliphatic hydroxyl groups excluding tert-OH is 1. The highest BCUT2D eigenvalue weighted by Crippen LogP contribution is 2.21. The number of aromatic amines is 1. The molecule has 1 amide bonds. The van der Waals surface area contributed by atoms with Gasteiger partial charge in [0.25, 0.3) is 5.91 Å². The lowest BCUT2D eigenvalue weighted by atomic mass is 10.0. The SMILES string of the molecule is O=C(NCC(O)c1ccc2ccccc2c1)c1cc(F)cc2[nH]cnc12. The van der Waals surface area contributed by atoms with E-state index in [1.807, 2.05) is 42.5 Å². The van der Waals surface area contributed by atoms with E-state index < -0.39 is 17.8 Å². The Morgan fingerprint density at radius 2 is 1.96 bits per heavy atom. The third-order valence-corrected chi connectivity index (χ3v) is 4.35. The van der Waals surface area contributed by atoms with Crippen molar-refractivity contribution in [3.05, 3.63) is 77.9 Å². The molecule has 0 radical (unpaired) electrons. The van der Waals surface area contributed by atoms with Gasteiger partial charge < -0.3 is 15.4 Å². The Hall–Kier alpha value is -3.25. The van der Waals surface area contributed by atoms with Gasteiger partial charge in [-0.2, -0.15) is 0 Å². The zero-order valence-corrected chi connectivity index (χ0v) is 13.7. The lowest BCUT2D eigenvalue weighted by molar-refractivity contribution is 0.0917. The number of benzene rings is 3. The van der Waals surface area contributed by atoms with Gasteiger partial charge in [0, 0.05) is 6.54 Å². The fraction of sp³-hybridized carbons (Fsp3) is 0.100. The molecule has 0 aliphatic carbocycles. The number of imidazole rings is 1. The van der Waals surface area contributed by atoms with E-state index in [1.165, 1.54) is 12.4 Å². The van der Waals surface area contributed by atoms with Crippen LogP contribution in [0.3, 0.4) is 0 Å². The van der Waals surface area contributed by atoms with Gasteiger partial charge in [-0.1, -0.05) is 36.4 Å². The zero-order chi connectivity index (χ0) is 18.1. The van der Waals surface area contributed by atoms with E-state index in [4.69, 9.17) is 0 Å². The summed E-state index contributed by atoms with van der Waals surface area (Å²) in [6, 6.07) is 15.9. The quantitative estimate of drug-likeness (QED) is 0.529. The minimum atomic E-state index is -0.869. The molecular formula is C20H16FN3O2. The van der Waals surface area contributed by atoms with Crippen LogP contribution in [0.2, 0.25) is 0 Å². The molecule has 0 aliphatic rings. The van der Waals surface area contributed by atoms with E-state index in [0.717, 1.165) is 16.8 Å². The molecule has 0 saturated carbocycles. The van der Waals surface area contributed by atoms with E-state index in [0.29, 0.717) is 16.6 Å². The number of aromatic nitrogens is 2. The van der Waals surface area contributed by atoms with E-state index in [2.05, 4.69) is 15.3 Å². The van der Waals surface area contributed by atoms with Crippen molar-refractivity contribution < 1.29 is 14.3 Å². The summed E-state index contributed by atoms with van der Waals surface area (Å²) in [5.74, 6) is -1.01. The van der Waals surface area contributed by atoms with Crippen molar-refractivity contribution in [2.75, 3.05) is 6.54 Å². The molecule has 6 heteroatoms. The molecule has 130 valence electrons. The van der Waals surface area contributed by atoms with E-state index in [-0.39, 0.29) is 12.1 Å². The van der Waals surface area contributed by atoms with Gasteiger partial charge in [0.1, 0.15) is 11.3 Å². The maximum Gasteiger partial charge on any atom is 0.253 e. The predicted octanol–water partition coefficient (Wildman–Crippen LogP) is 3.32. The summed E-state index contributed by atoms with van der Waals surface area (Å²) in [6.07, 6.45) is 0.539. The minimum absolute atomic E-state index is 0.0135. The van der Waals surface area contributed by atoms with E-state index in [9.17, 15) is 14.3 Å². The highest BCUT2D eigenvalue weighted by molar-refractivity contribution is 6.04. The van der Waals surface area contributed by atoms with Gasteiger partial charge in [-0.05, 0) is 34.5 Å². The molecule has 0 bridgehead atoms. The number of H-pyrrole nitrogens is 1. The van der Waals surface area contributed by atoms with E-state index >= 15 is 0 Å². The van der Waals surface area contributed by atoms with Crippen molar-refractivity contribution in [2.45, 2.75) is 6.10 Å². The molecule has 0 saturated heterocycles. The molecule has 1 heterocycles. The predicted molar refractivity (Wildman–Crippen MR) is 97.3 cm³/mol. The van der Waals surface area contributed by atoms with Gasteiger partial charge in [-0.3, -0.25) is 4.79 Å². The topological polar surface area (TPSA) is 78.0 Å². The zero-order valence-electron chi connectivity index (χ0n) is 13.7. The number of halogens is 1. The van der Waals surface area contributed by atoms with Crippen LogP contribution in [-0.2, 0) is 0 Å². The second kappa shape index (κ2) is 6.57. The van der Waals surface area contributed by atoms with Crippen LogP contribution in [0.15, 0.2) is 60.9 Å². The molecule has 0 aliphatic heterocycles. The number of aliphatic hydroxyl groups is 1. The smallest absolute Gasteiger partial charge is 0.253 e. The summed E-state index contributed by atoms with van der Waals surface area (Å²) < 4.78 is 13.7. The molecule has 5 nitrogen and oxygen atoms in total. The van der Waals surface area contributed by atoms with Gasteiger partial charge in [0.2, 0.25) is 0 Å². The Labute approximate surface area is 148 Å².